The second kappa shape index (κ2) is 5.33. The molecule has 0 saturated heterocycles. The first-order chi connectivity index (χ1) is 9.74. The van der Waals surface area contributed by atoms with Gasteiger partial charge in [-0.1, -0.05) is 39.5 Å². The van der Waals surface area contributed by atoms with E-state index in [0.717, 1.165) is 47.3 Å². The van der Waals surface area contributed by atoms with E-state index in [9.17, 15) is 0 Å². The zero-order valence-electron chi connectivity index (χ0n) is 13.7. The molecule has 0 amide bonds. The van der Waals surface area contributed by atoms with Crippen molar-refractivity contribution in [3.05, 3.63) is 0 Å². The molecule has 20 heavy (non-hydrogen) atoms. The zero-order valence-corrected chi connectivity index (χ0v) is 13.7. The Morgan fingerprint density at radius 2 is 0.850 bits per heavy atom. The van der Waals surface area contributed by atoms with Crippen LogP contribution in [-0.2, 0) is 0 Å². The third-order valence-electron chi connectivity index (χ3n) is 7.96. The summed E-state index contributed by atoms with van der Waals surface area (Å²) in [5, 5.41) is 0. The number of hydrogen-bond acceptors (Lipinski definition) is 0. The molecule has 0 heterocycles. The van der Waals surface area contributed by atoms with E-state index < -0.39 is 0 Å². The molecule has 114 valence electrons. The van der Waals surface area contributed by atoms with Crippen molar-refractivity contribution in [2.24, 2.45) is 47.3 Å². The van der Waals surface area contributed by atoms with E-state index >= 15 is 0 Å². The van der Waals surface area contributed by atoms with Gasteiger partial charge >= 0.3 is 0 Å². The van der Waals surface area contributed by atoms with Crippen LogP contribution in [0.2, 0.25) is 0 Å². The lowest BCUT2D eigenvalue weighted by atomic mass is 9.47. The number of hydrogen-bond donors (Lipinski definition) is 0. The maximum absolute atomic E-state index is 2.53. The van der Waals surface area contributed by atoms with Gasteiger partial charge in [0.25, 0.3) is 0 Å². The summed E-state index contributed by atoms with van der Waals surface area (Å²) in [6.07, 6.45) is 15.7. The summed E-state index contributed by atoms with van der Waals surface area (Å²) in [4.78, 5) is 0. The van der Waals surface area contributed by atoms with Crippen LogP contribution >= 0.6 is 0 Å². The largest absolute Gasteiger partial charge is 0.0625 e. The van der Waals surface area contributed by atoms with Gasteiger partial charge in [-0.3, -0.25) is 0 Å². The Kier molecular flexibility index (Phi) is 3.63. The second-order valence-corrected chi connectivity index (χ2v) is 9.10. The average molecular weight is 274 g/mol. The molecule has 4 saturated carbocycles. The third kappa shape index (κ3) is 2.17. The monoisotopic (exact) mass is 274 g/mol. The van der Waals surface area contributed by atoms with Crippen LogP contribution in [0.25, 0.3) is 0 Å². The molecule has 8 unspecified atom stereocenters. The van der Waals surface area contributed by atoms with E-state index in [1.165, 1.54) is 12.8 Å². The van der Waals surface area contributed by atoms with Crippen molar-refractivity contribution < 1.29 is 0 Å². The lowest BCUT2D eigenvalue weighted by Crippen LogP contribution is -2.51. The SMILES string of the molecule is CC1CCC2C3CCC(C)CC3C3CCCCC3C2C1. The van der Waals surface area contributed by atoms with E-state index in [-0.39, 0.29) is 0 Å². The lowest BCUT2D eigenvalue weighted by molar-refractivity contribution is -0.0933. The van der Waals surface area contributed by atoms with Crippen LogP contribution in [0.4, 0.5) is 0 Å². The first kappa shape index (κ1) is 13.6. The molecule has 0 aliphatic heterocycles. The van der Waals surface area contributed by atoms with Crippen molar-refractivity contribution in [3.8, 4) is 0 Å². The predicted octanol–water partition coefficient (Wildman–Crippen LogP) is 5.91. The molecule has 0 aromatic heterocycles. The summed E-state index contributed by atoms with van der Waals surface area (Å²) >= 11 is 0. The summed E-state index contributed by atoms with van der Waals surface area (Å²) in [5.41, 5.74) is 0. The van der Waals surface area contributed by atoms with Crippen LogP contribution in [0.15, 0.2) is 0 Å². The van der Waals surface area contributed by atoms with Gasteiger partial charge in [-0.25, -0.2) is 0 Å². The standard InChI is InChI=1S/C20H34/c1-13-7-9-17-18-10-8-14(2)12-20(18)16-6-4-3-5-15(16)19(17)11-13/h13-20H,3-12H2,1-2H3. The van der Waals surface area contributed by atoms with E-state index in [1.54, 1.807) is 51.4 Å². The van der Waals surface area contributed by atoms with Crippen molar-refractivity contribution in [2.45, 2.75) is 78.1 Å². The lowest BCUT2D eigenvalue weighted by Gasteiger charge is -2.58. The maximum atomic E-state index is 2.53. The average Bonchev–Trinajstić information content (AvgIpc) is 2.47. The molecule has 0 nitrogen and oxygen atoms in total. The second-order valence-electron chi connectivity index (χ2n) is 9.10. The molecule has 0 aromatic rings. The highest BCUT2D eigenvalue weighted by Gasteiger charge is 2.52. The van der Waals surface area contributed by atoms with Crippen molar-refractivity contribution >= 4 is 0 Å². The van der Waals surface area contributed by atoms with Gasteiger partial charge < -0.3 is 0 Å². The molecular formula is C20H34. The Hall–Kier alpha value is 0. The Morgan fingerprint density at radius 1 is 0.450 bits per heavy atom. The van der Waals surface area contributed by atoms with Gasteiger partial charge in [0.05, 0.1) is 0 Å². The Bertz CT molecular complexity index is 304. The van der Waals surface area contributed by atoms with E-state index in [0.29, 0.717) is 0 Å². The fourth-order valence-electron chi connectivity index (χ4n) is 7.20. The van der Waals surface area contributed by atoms with Crippen LogP contribution in [-0.4, -0.2) is 0 Å². The highest BCUT2D eigenvalue weighted by molar-refractivity contribution is 5.01. The predicted molar refractivity (Wildman–Crippen MR) is 85.4 cm³/mol. The highest BCUT2D eigenvalue weighted by atomic mass is 14.6. The summed E-state index contributed by atoms with van der Waals surface area (Å²) in [5.74, 6) is 8.89. The van der Waals surface area contributed by atoms with Crippen molar-refractivity contribution in [3.63, 3.8) is 0 Å². The molecule has 8 atom stereocenters. The molecule has 0 spiro atoms. The van der Waals surface area contributed by atoms with Crippen LogP contribution in [0.5, 0.6) is 0 Å². The Labute approximate surface area is 126 Å². The molecule has 4 rings (SSSR count). The van der Waals surface area contributed by atoms with E-state index in [2.05, 4.69) is 13.8 Å². The van der Waals surface area contributed by atoms with Crippen LogP contribution < -0.4 is 0 Å². The summed E-state index contributed by atoms with van der Waals surface area (Å²) in [6, 6.07) is 0. The van der Waals surface area contributed by atoms with Gasteiger partial charge in [-0.2, -0.15) is 0 Å². The summed E-state index contributed by atoms with van der Waals surface area (Å²) < 4.78 is 0. The van der Waals surface area contributed by atoms with Crippen molar-refractivity contribution in [2.75, 3.05) is 0 Å². The maximum Gasteiger partial charge on any atom is -0.0349 e. The van der Waals surface area contributed by atoms with Crippen molar-refractivity contribution in [1.29, 1.82) is 0 Å². The van der Waals surface area contributed by atoms with Crippen LogP contribution in [0, 0.1) is 47.3 Å². The minimum atomic E-state index is 1.03. The minimum Gasteiger partial charge on any atom is -0.0625 e. The van der Waals surface area contributed by atoms with E-state index in [4.69, 9.17) is 0 Å². The molecule has 0 heteroatoms. The van der Waals surface area contributed by atoms with Gasteiger partial charge in [0.15, 0.2) is 0 Å². The fourth-order valence-corrected chi connectivity index (χ4v) is 7.20. The van der Waals surface area contributed by atoms with Gasteiger partial charge in [0, 0.05) is 0 Å². The van der Waals surface area contributed by atoms with Crippen molar-refractivity contribution in [1.82, 2.24) is 0 Å². The molecule has 4 aliphatic rings. The van der Waals surface area contributed by atoms with E-state index in [1.807, 2.05) is 0 Å². The number of rotatable bonds is 0. The topological polar surface area (TPSA) is 0 Å². The molecule has 4 aliphatic carbocycles. The quantitative estimate of drug-likeness (QED) is 0.515. The third-order valence-corrected chi connectivity index (χ3v) is 7.96. The summed E-state index contributed by atoms with van der Waals surface area (Å²) in [6.45, 7) is 5.06. The molecule has 0 radical (unpaired) electrons. The summed E-state index contributed by atoms with van der Waals surface area (Å²) in [7, 11) is 0. The number of fused-ring (bicyclic) bond motifs is 6. The zero-order chi connectivity index (χ0) is 13.7. The van der Waals surface area contributed by atoms with Gasteiger partial charge in [0.2, 0.25) is 0 Å². The smallest absolute Gasteiger partial charge is 0.0349 e. The highest BCUT2D eigenvalue weighted by Crippen LogP contribution is 2.60. The first-order valence-corrected chi connectivity index (χ1v) is 9.74. The Morgan fingerprint density at radius 3 is 1.30 bits per heavy atom. The normalized spacial score (nSPS) is 55.5. The first-order valence-electron chi connectivity index (χ1n) is 9.74. The van der Waals surface area contributed by atoms with Crippen LogP contribution in [0.1, 0.15) is 78.1 Å². The Balaban J connectivity index is 1.63. The molecular weight excluding hydrogens is 240 g/mol. The fraction of sp³-hybridized carbons (Fsp3) is 1.00. The molecule has 4 fully saturated rings. The minimum absolute atomic E-state index is 1.03. The van der Waals surface area contributed by atoms with Gasteiger partial charge in [-0.05, 0) is 85.9 Å². The van der Waals surface area contributed by atoms with Gasteiger partial charge in [-0.15, -0.1) is 0 Å². The molecule has 0 bridgehead atoms. The van der Waals surface area contributed by atoms with Gasteiger partial charge in [0.1, 0.15) is 0 Å². The molecule has 0 aromatic carbocycles. The van der Waals surface area contributed by atoms with Crippen LogP contribution in [0.3, 0.4) is 0 Å². The molecule has 0 N–H and O–H groups in total.